The SMILES string of the molecule is C=CCN(CCO)C(=O)[C@H]1CC(CC)C[C@H]1C(=O)O. The molecule has 1 saturated carbocycles. The minimum Gasteiger partial charge on any atom is -0.481 e. The Morgan fingerprint density at radius 3 is 2.47 bits per heavy atom. The first-order valence-corrected chi connectivity index (χ1v) is 6.78. The van der Waals surface area contributed by atoms with Crippen LogP contribution >= 0.6 is 0 Å². The van der Waals surface area contributed by atoms with Crippen LogP contribution in [0.5, 0.6) is 0 Å². The minimum absolute atomic E-state index is 0.124. The van der Waals surface area contributed by atoms with Gasteiger partial charge in [-0.1, -0.05) is 19.4 Å². The zero-order chi connectivity index (χ0) is 14.4. The highest BCUT2D eigenvalue weighted by molar-refractivity contribution is 5.85. The molecular formula is C14H23NO4. The van der Waals surface area contributed by atoms with Crippen molar-refractivity contribution in [3.05, 3.63) is 12.7 Å². The summed E-state index contributed by atoms with van der Waals surface area (Å²) in [6.07, 6.45) is 3.69. The second kappa shape index (κ2) is 7.28. The van der Waals surface area contributed by atoms with Crippen molar-refractivity contribution in [2.75, 3.05) is 19.7 Å². The number of carboxylic acids is 1. The first-order chi connectivity index (χ1) is 9.04. The number of carbonyl (C=O) groups excluding carboxylic acids is 1. The second-order valence-electron chi connectivity index (χ2n) is 5.09. The Kier molecular flexibility index (Phi) is 6.02. The maximum Gasteiger partial charge on any atom is 0.307 e. The summed E-state index contributed by atoms with van der Waals surface area (Å²) in [5.74, 6) is -1.82. The molecule has 0 aromatic heterocycles. The van der Waals surface area contributed by atoms with Crippen molar-refractivity contribution in [1.82, 2.24) is 4.90 Å². The molecule has 1 aliphatic carbocycles. The van der Waals surface area contributed by atoms with Gasteiger partial charge >= 0.3 is 5.97 Å². The highest BCUT2D eigenvalue weighted by atomic mass is 16.4. The Bertz CT molecular complexity index is 342. The van der Waals surface area contributed by atoms with Crippen molar-refractivity contribution in [2.24, 2.45) is 17.8 Å². The fourth-order valence-corrected chi connectivity index (χ4v) is 2.82. The third-order valence-electron chi connectivity index (χ3n) is 3.90. The Balaban J connectivity index is 2.81. The van der Waals surface area contributed by atoms with Crippen molar-refractivity contribution in [1.29, 1.82) is 0 Å². The molecular weight excluding hydrogens is 246 g/mol. The molecule has 1 amide bonds. The fourth-order valence-electron chi connectivity index (χ4n) is 2.82. The molecule has 5 nitrogen and oxygen atoms in total. The highest BCUT2D eigenvalue weighted by Gasteiger charge is 2.43. The first-order valence-electron chi connectivity index (χ1n) is 6.78. The highest BCUT2D eigenvalue weighted by Crippen LogP contribution is 2.39. The number of nitrogens with zero attached hydrogens (tertiary/aromatic N) is 1. The van der Waals surface area contributed by atoms with Gasteiger partial charge in [-0.2, -0.15) is 0 Å². The number of aliphatic carboxylic acids is 1. The zero-order valence-corrected chi connectivity index (χ0v) is 11.4. The van der Waals surface area contributed by atoms with E-state index in [0.29, 0.717) is 25.3 Å². The van der Waals surface area contributed by atoms with E-state index in [9.17, 15) is 14.7 Å². The quantitative estimate of drug-likeness (QED) is 0.679. The maximum atomic E-state index is 12.4. The number of rotatable bonds is 7. The summed E-state index contributed by atoms with van der Waals surface area (Å²) in [4.78, 5) is 25.2. The molecule has 108 valence electrons. The van der Waals surface area contributed by atoms with Gasteiger partial charge in [-0.15, -0.1) is 6.58 Å². The van der Waals surface area contributed by atoms with Gasteiger partial charge in [0.15, 0.2) is 0 Å². The monoisotopic (exact) mass is 269 g/mol. The van der Waals surface area contributed by atoms with Crippen LogP contribution in [0.15, 0.2) is 12.7 Å². The van der Waals surface area contributed by atoms with Crippen molar-refractivity contribution in [3.8, 4) is 0 Å². The Morgan fingerprint density at radius 1 is 1.37 bits per heavy atom. The molecule has 1 fully saturated rings. The van der Waals surface area contributed by atoms with Crippen LogP contribution in [0.4, 0.5) is 0 Å². The molecule has 0 aromatic rings. The van der Waals surface area contributed by atoms with Crippen molar-refractivity contribution in [2.45, 2.75) is 26.2 Å². The van der Waals surface area contributed by atoms with Crippen molar-refractivity contribution < 1.29 is 19.8 Å². The van der Waals surface area contributed by atoms with Gasteiger partial charge in [0.1, 0.15) is 0 Å². The Morgan fingerprint density at radius 2 is 2.00 bits per heavy atom. The summed E-state index contributed by atoms with van der Waals surface area (Å²) in [6.45, 7) is 6.05. The van der Waals surface area contributed by atoms with Gasteiger partial charge in [-0.25, -0.2) is 0 Å². The summed E-state index contributed by atoms with van der Waals surface area (Å²) in [7, 11) is 0. The predicted octanol–water partition coefficient (Wildman–Crippen LogP) is 1.13. The van der Waals surface area contributed by atoms with Gasteiger partial charge < -0.3 is 15.1 Å². The number of carboxylic acid groups (broad SMARTS) is 1. The zero-order valence-electron chi connectivity index (χ0n) is 11.4. The number of amides is 1. The van der Waals surface area contributed by atoms with E-state index in [4.69, 9.17) is 5.11 Å². The smallest absolute Gasteiger partial charge is 0.307 e. The third-order valence-corrected chi connectivity index (χ3v) is 3.90. The summed E-state index contributed by atoms with van der Waals surface area (Å²) in [6, 6.07) is 0. The lowest BCUT2D eigenvalue weighted by Crippen LogP contribution is -2.40. The fraction of sp³-hybridized carbons (Fsp3) is 0.714. The van der Waals surface area contributed by atoms with E-state index in [1.807, 2.05) is 6.92 Å². The van der Waals surface area contributed by atoms with Crippen LogP contribution in [0.3, 0.4) is 0 Å². The minimum atomic E-state index is -0.892. The largest absolute Gasteiger partial charge is 0.481 e. The molecule has 5 heteroatoms. The van der Waals surface area contributed by atoms with E-state index in [-0.39, 0.29) is 19.1 Å². The van der Waals surface area contributed by atoms with Gasteiger partial charge in [0.25, 0.3) is 0 Å². The van der Waals surface area contributed by atoms with Crippen molar-refractivity contribution in [3.63, 3.8) is 0 Å². The molecule has 0 radical (unpaired) electrons. The molecule has 0 heterocycles. The number of hydrogen-bond donors (Lipinski definition) is 2. The molecule has 3 atom stereocenters. The summed E-state index contributed by atoms with van der Waals surface area (Å²) in [5, 5.41) is 18.2. The molecule has 0 aromatic carbocycles. The molecule has 0 saturated heterocycles. The first kappa shape index (κ1) is 15.7. The molecule has 0 aliphatic heterocycles. The van der Waals surface area contributed by atoms with E-state index in [2.05, 4.69) is 6.58 Å². The van der Waals surface area contributed by atoms with E-state index in [0.717, 1.165) is 6.42 Å². The van der Waals surface area contributed by atoms with Gasteiger partial charge in [0.2, 0.25) is 5.91 Å². The van der Waals surface area contributed by atoms with E-state index >= 15 is 0 Å². The van der Waals surface area contributed by atoms with Gasteiger partial charge in [0, 0.05) is 13.1 Å². The summed E-state index contributed by atoms with van der Waals surface area (Å²) in [5.41, 5.74) is 0. The number of aliphatic hydroxyl groups is 1. The van der Waals surface area contributed by atoms with Crippen LogP contribution < -0.4 is 0 Å². The average Bonchev–Trinajstić information content (AvgIpc) is 2.82. The molecule has 19 heavy (non-hydrogen) atoms. The molecule has 1 rings (SSSR count). The maximum absolute atomic E-state index is 12.4. The second-order valence-corrected chi connectivity index (χ2v) is 5.09. The number of aliphatic hydroxyl groups excluding tert-OH is 1. The van der Waals surface area contributed by atoms with Crippen LogP contribution in [-0.2, 0) is 9.59 Å². The van der Waals surface area contributed by atoms with E-state index in [1.165, 1.54) is 4.90 Å². The lowest BCUT2D eigenvalue weighted by atomic mass is 9.94. The average molecular weight is 269 g/mol. The Hall–Kier alpha value is -1.36. The van der Waals surface area contributed by atoms with E-state index in [1.54, 1.807) is 6.08 Å². The van der Waals surface area contributed by atoms with Crippen LogP contribution in [0, 0.1) is 17.8 Å². The van der Waals surface area contributed by atoms with Crippen LogP contribution in [0.1, 0.15) is 26.2 Å². The van der Waals surface area contributed by atoms with Crippen LogP contribution in [0.2, 0.25) is 0 Å². The summed E-state index contributed by atoms with van der Waals surface area (Å²) >= 11 is 0. The Labute approximate surface area is 113 Å². The van der Waals surface area contributed by atoms with E-state index < -0.39 is 17.8 Å². The normalized spacial score (nSPS) is 26.1. The van der Waals surface area contributed by atoms with Crippen LogP contribution in [0.25, 0.3) is 0 Å². The lowest BCUT2D eigenvalue weighted by Gasteiger charge is -2.25. The predicted molar refractivity (Wildman–Crippen MR) is 71.5 cm³/mol. The lowest BCUT2D eigenvalue weighted by molar-refractivity contribution is -0.149. The van der Waals surface area contributed by atoms with Gasteiger partial charge in [-0.05, 0) is 18.8 Å². The van der Waals surface area contributed by atoms with Crippen LogP contribution in [-0.4, -0.2) is 46.7 Å². The third kappa shape index (κ3) is 3.80. The topological polar surface area (TPSA) is 77.8 Å². The number of carbonyl (C=O) groups is 2. The number of hydrogen-bond acceptors (Lipinski definition) is 3. The van der Waals surface area contributed by atoms with Gasteiger partial charge in [-0.3, -0.25) is 9.59 Å². The van der Waals surface area contributed by atoms with Crippen molar-refractivity contribution >= 4 is 11.9 Å². The molecule has 0 spiro atoms. The molecule has 1 aliphatic rings. The molecule has 1 unspecified atom stereocenters. The summed E-state index contributed by atoms with van der Waals surface area (Å²) < 4.78 is 0. The van der Waals surface area contributed by atoms with Gasteiger partial charge in [0.05, 0.1) is 18.4 Å². The molecule has 2 N–H and O–H groups in total. The standard InChI is InChI=1S/C14H23NO4/c1-3-5-15(6-7-16)13(17)11-8-10(4-2)9-12(11)14(18)19/h3,10-12,16H,1,4-9H2,2H3,(H,18,19)/t10?,11-,12+/m0/s1. The molecule has 0 bridgehead atoms.